The summed E-state index contributed by atoms with van der Waals surface area (Å²) in [6.45, 7) is -0.0158. The third-order valence-corrected chi connectivity index (χ3v) is 5.03. The Labute approximate surface area is 174 Å². The van der Waals surface area contributed by atoms with E-state index in [2.05, 4.69) is 0 Å². The summed E-state index contributed by atoms with van der Waals surface area (Å²) in [7, 11) is -2.51. The zero-order valence-corrected chi connectivity index (χ0v) is 17.3. The second-order valence-electron chi connectivity index (χ2n) is 5.38. The van der Waals surface area contributed by atoms with E-state index in [1.165, 1.54) is 37.5 Å². The van der Waals surface area contributed by atoms with Crippen molar-refractivity contribution in [2.24, 2.45) is 5.73 Å². The summed E-state index contributed by atoms with van der Waals surface area (Å²) < 4.78 is 36.7. The molecule has 0 aliphatic carbocycles. The molecule has 2 aromatic rings. The van der Waals surface area contributed by atoms with Crippen LogP contribution in [0.5, 0.6) is 5.75 Å². The number of methoxy groups -OCH3 is 1. The molecule has 2 rings (SSSR count). The molecule has 0 heterocycles. The number of rotatable bonds is 8. The minimum Gasteiger partial charge on any atom is -0.468 e. The Hall–Kier alpha value is -2.10. The van der Waals surface area contributed by atoms with Crippen molar-refractivity contribution in [3.63, 3.8) is 0 Å². The fourth-order valence-electron chi connectivity index (χ4n) is 2.07. The van der Waals surface area contributed by atoms with E-state index >= 15 is 0 Å². The van der Waals surface area contributed by atoms with Gasteiger partial charge in [-0.3, -0.25) is 4.79 Å². The molecule has 152 valence electrons. The summed E-state index contributed by atoms with van der Waals surface area (Å²) in [5.74, 6) is -0.203. The van der Waals surface area contributed by atoms with Gasteiger partial charge >= 0.3 is 0 Å². The number of ether oxygens (including phenoxy) is 2. The molecule has 0 aliphatic rings. The standard InChI is InChI=1S/C18H19ClN2O5S.ClH/c1-25-12-26-16-6-2-13(3-7-16)10-14(11-20)18(22)21-27(23,24)17-8-4-15(19)5-9-17;/h2-10H,11-12,20H2,1H3,(H,21,22);1H/b14-10+;. The van der Waals surface area contributed by atoms with Crippen molar-refractivity contribution in [2.45, 2.75) is 4.90 Å². The van der Waals surface area contributed by atoms with E-state index in [-0.39, 0.29) is 36.2 Å². The van der Waals surface area contributed by atoms with Crippen LogP contribution in [0.25, 0.3) is 6.08 Å². The van der Waals surface area contributed by atoms with Gasteiger partial charge in [0.05, 0.1) is 4.90 Å². The van der Waals surface area contributed by atoms with Gasteiger partial charge in [0.15, 0.2) is 6.79 Å². The predicted octanol–water partition coefficient (Wildman–Crippen LogP) is 2.59. The SMILES string of the molecule is COCOc1ccc(/C=C(\CN)C(=O)NS(=O)(=O)c2ccc(Cl)cc2)cc1.Cl. The number of nitrogens with one attached hydrogen (secondary N) is 1. The van der Waals surface area contributed by atoms with E-state index in [0.717, 1.165) is 0 Å². The normalized spacial score (nSPS) is 11.5. The molecule has 0 unspecified atom stereocenters. The van der Waals surface area contributed by atoms with E-state index in [1.54, 1.807) is 24.3 Å². The van der Waals surface area contributed by atoms with Crippen LogP contribution in [0, 0.1) is 0 Å². The minimum absolute atomic E-state index is 0. The van der Waals surface area contributed by atoms with Gasteiger partial charge in [0.25, 0.3) is 15.9 Å². The quantitative estimate of drug-likeness (QED) is 0.476. The molecular weight excluding hydrogens is 427 g/mol. The Morgan fingerprint density at radius 2 is 1.75 bits per heavy atom. The first-order valence-electron chi connectivity index (χ1n) is 7.81. The van der Waals surface area contributed by atoms with Gasteiger partial charge in [0.2, 0.25) is 0 Å². The molecule has 0 aliphatic heterocycles. The van der Waals surface area contributed by atoms with E-state index in [9.17, 15) is 13.2 Å². The average molecular weight is 447 g/mol. The smallest absolute Gasteiger partial charge is 0.264 e. The second kappa shape index (κ2) is 11.0. The minimum atomic E-state index is -4.03. The number of sulfonamides is 1. The Bertz CT molecular complexity index is 914. The monoisotopic (exact) mass is 446 g/mol. The molecule has 0 bridgehead atoms. The van der Waals surface area contributed by atoms with Crippen molar-refractivity contribution in [1.82, 2.24) is 4.72 Å². The van der Waals surface area contributed by atoms with Gasteiger partial charge in [0.1, 0.15) is 5.75 Å². The van der Waals surface area contributed by atoms with Crippen molar-refractivity contribution in [3.05, 3.63) is 64.7 Å². The lowest BCUT2D eigenvalue weighted by Gasteiger charge is -2.09. The van der Waals surface area contributed by atoms with Crippen molar-refractivity contribution in [1.29, 1.82) is 0 Å². The zero-order chi connectivity index (χ0) is 19.9. The Balaban J connectivity index is 0.00000392. The van der Waals surface area contributed by atoms with Crippen LogP contribution >= 0.6 is 24.0 Å². The fourth-order valence-corrected chi connectivity index (χ4v) is 3.18. The van der Waals surface area contributed by atoms with Gasteiger partial charge in [0, 0.05) is 24.3 Å². The van der Waals surface area contributed by atoms with Crippen molar-refractivity contribution < 1.29 is 22.7 Å². The third-order valence-electron chi connectivity index (χ3n) is 3.43. The molecule has 28 heavy (non-hydrogen) atoms. The molecule has 0 radical (unpaired) electrons. The van der Waals surface area contributed by atoms with Gasteiger partial charge in [-0.2, -0.15) is 0 Å². The van der Waals surface area contributed by atoms with Crippen LogP contribution in [0.15, 0.2) is 59.0 Å². The summed E-state index contributed by atoms with van der Waals surface area (Å²) in [6.07, 6.45) is 1.51. The van der Waals surface area contributed by atoms with Crippen LogP contribution in [0.1, 0.15) is 5.56 Å². The molecule has 7 nitrogen and oxygen atoms in total. The number of hydrogen-bond acceptors (Lipinski definition) is 6. The maximum Gasteiger partial charge on any atom is 0.264 e. The Morgan fingerprint density at radius 3 is 2.29 bits per heavy atom. The topological polar surface area (TPSA) is 108 Å². The van der Waals surface area contributed by atoms with Crippen LogP contribution in [0.3, 0.4) is 0 Å². The summed E-state index contributed by atoms with van der Waals surface area (Å²) in [5, 5.41) is 0.390. The highest BCUT2D eigenvalue weighted by Crippen LogP contribution is 2.16. The van der Waals surface area contributed by atoms with E-state index < -0.39 is 15.9 Å². The average Bonchev–Trinajstić information content (AvgIpc) is 2.65. The molecular formula is C18H20Cl2N2O5S. The van der Waals surface area contributed by atoms with Gasteiger partial charge in [-0.25, -0.2) is 13.1 Å². The predicted molar refractivity (Wildman–Crippen MR) is 110 cm³/mol. The molecule has 2 aromatic carbocycles. The summed E-state index contributed by atoms with van der Waals surface area (Å²) in [5.41, 5.74) is 6.39. The zero-order valence-electron chi connectivity index (χ0n) is 14.9. The lowest BCUT2D eigenvalue weighted by Crippen LogP contribution is -2.33. The first-order valence-corrected chi connectivity index (χ1v) is 9.67. The number of amides is 1. The first-order chi connectivity index (χ1) is 12.9. The fraction of sp³-hybridized carbons (Fsp3) is 0.167. The highest BCUT2D eigenvalue weighted by atomic mass is 35.5. The number of halogens is 2. The highest BCUT2D eigenvalue weighted by Gasteiger charge is 2.19. The van der Waals surface area contributed by atoms with Crippen LogP contribution in [0.4, 0.5) is 0 Å². The number of carbonyl (C=O) groups excluding carboxylic acids is 1. The van der Waals surface area contributed by atoms with Crippen molar-refractivity contribution >= 4 is 46.0 Å². The Kier molecular flexibility index (Phi) is 9.44. The lowest BCUT2D eigenvalue weighted by atomic mass is 10.1. The third kappa shape index (κ3) is 6.81. The van der Waals surface area contributed by atoms with E-state index in [0.29, 0.717) is 16.3 Å². The molecule has 0 fully saturated rings. The highest BCUT2D eigenvalue weighted by molar-refractivity contribution is 7.90. The van der Waals surface area contributed by atoms with Gasteiger partial charge < -0.3 is 15.2 Å². The largest absolute Gasteiger partial charge is 0.468 e. The van der Waals surface area contributed by atoms with Crippen molar-refractivity contribution in [3.8, 4) is 5.75 Å². The molecule has 0 saturated carbocycles. The molecule has 0 aromatic heterocycles. The molecule has 0 saturated heterocycles. The number of nitrogens with two attached hydrogens (primary N) is 1. The molecule has 10 heteroatoms. The molecule has 0 atom stereocenters. The van der Waals surface area contributed by atoms with Gasteiger partial charge in [-0.1, -0.05) is 23.7 Å². The lowest BCUT2D eigenvalue weighted by molar-refractivity contribution is -0.115. The maximum atomic E-state index is 12.3. The van der Waals surface area contributed by atoms with E-state index in [4.69, 9.17) is 26.8 Å². The van der Waals surface area contributed by atoms with Crippen molar-refractivity contribution in [2.75, 3.05) is 20.4 Å². The summed E-state index contributed by atoms with van der Waals surface area (Å²) in [4.78, 5) is 12.3. The second-order valence-corrected chi connectivity index (χ2v) is 7.50. The van der Waals surface area contributed by atoms with Gasteiger partial charge in [-0.15, -0.1) is 12.4 Å². The van der Waals surface area contributed by atoms with E-state index in [1.807, 2.05) is 4.72 Å². The van der Waals surface area contributed by atoms with Crippen LogP contribution < -0.4 is 15.2 Å². The van der Waals surface area contributed by atoms with Crippen LogP contribution in [-0.2, 0) is 19.6 Å². The number of benzene rings is 2. The van der Waals surface area contributed by atoms with Crippen LogP contribution in [-0.4, -0.2) is 34.8 Å². The molecule has 3 N–H and O–H groups in total. The molecule has 0 spiro atoms. The molecule has 1 amide bonds. The number of carbonyl (C=O) groups is 1. The summed E-state index contributed by atoms with van der Waals surface area (Å²) in [6, 6.07) is 12.3. The van der Waals surface area contributed by atoms with Crippen LogP contribution in [0.2, 0.25) is 5.02 Å². The summed E-state index contributed by atoms with van der Waals surface area (Å²) >= 11 is 5.75. The maximum absolute atomic E-state index is 12.3. The Morgan fingerprint density at radius 1 is 1.14 bits per heavy atom. The van der Waals surface area contributed by atoms with Gasteiger partial charge in [-0.05, 0) is 48.0 Å². The first kappa shape index (κ1) is 23.9. The number of hydrogen-bond donors (Lipinski definition) is 2.